The van der Waals surface area contributed by atoms with Crippen LogP contribution in [0.15, 0.2) is 24.3 Å². The third-order valence-electron chi connectivity index (χ3n) is 8.70. The molecule has 2 aliphatic heterocycles. The van der Waals surface area contributed by atoms with Crippen LogP contribution in [-0.4, -0.2) is 49.2 Å². The van der Waals surface area contributed by atoms with Crippen molar-refractivity contribution in [3.63, 3.8) is 0 Å². The summed E-state index contributed by atoms with van der Waals surface area (Å²) in [6, 6.07) is 8.65. The Kier molecular flexibility index (Phi) is 4.84. The van der Waals surface area contributed by atoms with Crippen molar-refractivity contribution in [3.8, 4) is 0 Å². The molecule has 7 nitrogen and oxygen atoms in total. The lowest BCUT2D eigenvalue weighted by Gasteiger charge is -2.31. The average Bonchev–Trinajstić information content (AvgIpc) is 3.49. The molecule has 1 saturated heterocycles. The Morgan fingerprint density at radius 1 is 1.08 bits per heavy atom. The second-order valence-corrected chi connectivity index (χ2v) is 10.9. The Balaban J connectivity index is 1.33. The Morgan fingerprint density at radius 2 is 1.86 bits per heavy atom. The van der Waals surface area contributed by atoms with E-state index in [0.717, 1.165) is 80.2 Å². The van der Waals surface area contributed by atoms with Gasteiger partial charge >= 0.3 is 0 Å². The summed E-state index contributed by atoms with van der Waals surface area (Å²) in [5, 5.41) is 4.86. The number of rotatable bonds is 4. The molecule has 0 unspecified atom stereocenters. The second-order valence-electron chi connectivity index (χ2n) is 10.9. The molecule has 3 heterocycles. The fraction of sp³-hybridized carbons (Fsp3) is 0.483. The number of aromatic nitrogens is 2. The fourth-order valence-corrected chi connectivity index (χ4v) is 6.78. The highest BCUT2D eigenvalue weighted by molar-refractivity contribution is 6.10. The Morgan fingerprint density at radius 3 is 2.64 bits per heavy atom. The number of nitrogens with zero attached hydrogens (tertiary/aromatic N) is 4. The zero-order chi connectivity index (χ0) is 24.6. The summed E-state index contributed by atoms with van der Waals surface area (Å²) >= 11 is 0. The number of nitrogens with one attached hydrogen (secondary N) is 1. The van der Waals surface area contributed by atoms with E-state index in [1.807, 2.05) is 18.9 Å². The third kappa shape index (κ3) is 3.11. The van der Waals surface area contributed by atoms with Crippen molar-refractivity contribution in [1.29, 1.82) is 0 Å². The van der Waals surface area contributed by atoms with Gasteiger partial charge < -0.3 is 19.9 Å². The van der Waals surface area contributed by atoms with Crippen LogP contribution >= 0.6 is 0 Å². The minimum Gasteiger partial charge on any atom is -0.378 e. The van der Waals surface area contributed by atoms with E-state index < -0.39 is 0 Å². The maximum atomic E-state index is 13.1. The molecule has 1 saturated carbocycles. The minimum absolute atomic E-state index is 0.00863. The Hall–Kier alpha value is -3.19. The van der Waals surface area contributed by atoms with Gasteiger partial charge in [-0.05, 0) is 80.3 Å². The highest BCUT2D eigenvalue weighted by Gasteiger charge is 2.59. The van der Waals surface area contributed by atoms with Crippen LogP contribution in [-0.2, 0) is 27.8 Å². The summed E-state index contributed by atoms with van der Waals surface area (Å²) in [6.07, 6.45) is 5.24. The van der Waals surface area contributed by atoms with Gasteiger partial charge in [0, 0.05) is 36.9 Å². The molecule has 1 amide bonds. The molecule has 7 heteroatoms. The predicted molar refractivity (Wildman–Crippen MR) is 142 cm³/mol. The molecular weight excluding hydrogens is 450 g/mol. The summed E-state index contributed by atoms with van der Waals surface area (Å²) in [5.74, 6) is 1.91. The molecule has 4 aliphatic rings. The van der Waals surface area contributed by atoms with E-state index >= 15 is 0 Å². The monoisotopic (exact) mass is 483 g/mol. The highest BCUT2D eigenvalue weighted by atomic mass is 16.5. The number of ether oxygens (including phenoxy) is 1. The molecule has 36 heavy (non-hydrogen) atoms. The normalized spacial score (nSPS) is 20.7. The van der Waals surface area contributed by atoms with Crippen LogP contribution in [0, 0.1) is 6.92 Å². The molecule has 2 aromatic carbocycles. The predicted octanol–water partition coefficient (Wildman–Crippen LogP) is 4.44. The molecule has 1 N–H and O–H groups in total. The summed E-state index contributed by atoms with van der Waals surface area (Å²) in [4.78, 5) is 27.2. The molecule has 7 rings (SSSR count). The van der Waals surface area contributed by atoms with Crippen LogP contribution in [0.3, 0.4) is 0 Å². The Bertz CT molecular complexity index is 1410. The first kappa shape index (κ1) is 22.0. The Labute approximate surface area is 211 Å². The standard InChI is InChI=1S/C29H33N5O2/c1-17(19-6-5-9-23-25(19)29(10-11-29)28(35)33(23)3)30-27-22-16-24(34-12-14-36-15-13-34)20-7-4-8-21(20)26(22)31-18(2)32-27/h5-6,9,16-17H,4,7-8,10-15H2,1-3H3,(H,30,31,32)/t17-/m1/s1. The van der Waals surface area contributed by atoms with Crippen LogP contribution in [0.25, 0.3) is 10.9 Å². The van der Waals surface area contributed by atoms with Crippen molar-refractivity contribution < 1.29 is 9.53 Å². The quantitative estimate of drug-likeness (QED) is 0.592. The first-order chi connectivity index (χ1) is 17.5. The molecule has 0 radical (unpaired) electrons. The number of amides is 1. The smallest absolute Gasteiger partial charge is 0.237 e. The average molecular weight is 484 g/mol. The summed E-state index contributed by atoms with van der Waals surface area (Å²) in [5.41, 5.74) is 8.41. The maximum absolute atomic E-state index is 13.1. The van der Waals surface area contributed by atoms with Gasteiger partial charge in [0.1, 0.15) is 11.6 Å². The van der Waals surface area contributed by atoms with E-state index in [1.165, 1.54) is 34.4 Å². The van der Waals surface area contributed by atoms with Gasteiger partial charge in [-0.2, -0.15) is 0 Å². The lowest BCUT2D eigenvalue weighted by Crippen LogP contribution is -2.36. The van der Waals surface area contributed by atoms with Crippen LogP contribution < -0.4 is 15.1 Å². The number of benzene rings is 2. The van der Waals surface area contributed by atoms with Crippen molar-refractivity contribution in [2.75, 3.05) is 48.5 Å². The van der Waals surface area contributed by atoms with Gasteiger partial charge in [-0.1, -0.05) is 12.1 Å². The molecule has 186 valence electrons. The van der Waals surface area contributed by atoms with E-state index in [2.05, 4.69) is 41.4 Å². The zero-order valence-electron chi connectivity index (χ0n) is 21.4. The molecule has 1 spiro atoms. The van der Waals surface area contributed by atoms with E-state index in [1.54, 1.807) is 0 Å². The molecule has 1 aromatic heterocycles. The lowest BCUT2D eigenvalue weighted by molar-refractivity contribution is -0.119. The number of hydrogen-bond acceptors (Lipinski definition) is 6. The molecular formula is C29H33N5O2. The number of morpholine rings is 1. The van der Waals surface area contributed by atoms with Gasteiger partial charge in [0.05, 0.1) is 30.2 Å². The van der Waals surface area contributed by atoms with E-state index in [-0.39, 0.29) is 17.4 Å². The fourth-order valence-electron chi connectivity index (χ4n) is 6.78. The largest absolute Gasteiger partial charge is 0.378 e. The highest BCUT2D eigenvalue weighted by Crippen LogP contribution is 2.59. The first-order valence-corrected chi connectivity index (χ1v) is 13.3. The van der Waals surface area contributed by atoms with Gasteiger partial charge in [0.2, 0.25) is 5.91 Å². The number of carbonyl (C=O) groups excluding carboxylic acids is 1. The number of fused-ring (bicyclic) bond motifs is 5. The number of carbonyl (C=O) groups is 1. The number of hydrogen-bond donors (Lipinski definition) is 1. The van der Waals surface area contributed by atoms with E-state index in [0.29, 0.717) is 0 Å². The van der Waals surface area contributed by atoms with Crippen molar-refractivity contribution in [1.82, 2.24) is 9.97 Å². The van der Waals surface area contributed by atoms with Crippen LogP contribution in [0.1, 0.15) is 60.3 Å². The van der Waals surface area contributed by atoms with Crippen LogP contribution in [0.4, 0.5) is 17.2 Å². The van der Waals surface area contributed by atoms with Crippen molar-refractivity contribution >= 4 is 34.0 Å². The van der Waals surface area contributed by atoms with E-state index in [9.17, 15) is 4.79 Å². The minimum atomic E-state index is -0.315. The van der Waals surface area contributed by atoms with Crippen molar-refractivity contribution in [2.45, 2.75) is 57.4 Å². The van der Waals surface area contributed by atoms with Crippen molar-refractivity contribution in [3.05, 3.63) is 52.3 Å². The number of anilines is 3. The lowest BCUT2D eigenvalue weighted by atomic mass is 9.89. The zero-order valence-corrected chi connectivity index (χ0v) is 21.4. The van der Waals surface area contributed by atoms with Gasteiger partial charge in [-0.25, -0.2) is 9.97 Å². The van der Waals surface area contributed by atoms with Gasteiger partial charge in [0.25, 0.3) is 0 Å². The molecule has 0 bridgehead atoms. The summed E-state index contributed by atoms with van der Waals surface area (Å²) in [6.45, 7) is 7.56. The van der Waals surface area contributed by atoms with Crippen molar-refractivity contribution in [2.24, 2.45) is 0 Å². The second kappa shape index (κ2) is 7.90. The number of likely N-dealkylation sites (N-methyl/N-ethyl adjacent to an activating group) is 1. The van der Waals surface area contributed by atoms with E-state index in [4.69, 9.17) is 14.7 Å². The molecule has 2 aliphatic carbocycles. The van der Waals surface area contributed by atoms with Gasteiger partial charge in [0.15, 0.2) is 0 Å². The number of aryl methyl sites for hydroxylation is 2. The maximum Gasteiger partial charge on any atom is 0.237 e. The summed E-state index contributed by atoms with van der Waals surface area (Å²) in [7, 11) is 1.91. The first-order valence-electron chi connectivity index (χ1n) is 13.3. The molecule has 3 aromatic rings. The third-order valence-corrected chi connectivity index (χ3v) is 8.70. The summed E-state index contributed by atoms with van der Waals surface area (Å²) < 4.78 is 5.64. The van der Waals surface area contributed by atoms with Crippen LogP contribution in [0.5, 0.6) is 0 Å². The molecule has 1 atom stereocenters. The molecule has 2 fully saturated rings. The topological polar surface area (TPSA) is 70.6 Å². The van der Waals surface area contributed by atoms with Gasteiger partial charge in [-0.3, -0.25) is 4.79 Å². The van der Waals surface area contributed by atoms with Gasteiger partial charge in [-0.15, -0.1) is 0 Å². The SMILES string of the molecule is Cc1nc(N[C@H](C)c2cccc3c2C2(CC2)C(=O)N3C)c2cc(N3CCOCC3)c3c(c2n1)CCC3. The van der Waals surface area contributed by atoms with Crippen LogP contribution in [0.2, 0.25) is 0 Å².